The Bertz CT molecular complexity index is 598. The van der Waals surface area contributed by atoms with E-state index in [0.717, 1.165) is 6.26 Å². The first-order valence-electron chi connectivity index (χ1n) is 3.97. The number of sulfone groups is 1. The first-order chi connectivity index (χ1) is 7.31. The summed E-state index contributed by atoms with van der Waals surface area (Å²) in [5.41, 5.74) is -0.414. The Hall–Kier alpha value is -1.58. The third-order valence-electron chi connectivity index (χ3n) is 1.55. The summed E-state index contributed by atoms with van der Waals surface area (Å²) in [6.45, 7) is 0. The number of benzene rings is 1. The molecule has 0 unspecified atom stereocenters. The van der Waals surface area contributed by atoms with E-state index in [1.54, 1.807) is 0 Å². The molecule has 7 heteroatoms. The predicted octanol–water partition coefficient (Wildman–Crippen LogP) is 1.60. The van der Waals surface area contributed by atoms with Gasteiger partial charge in [0.2, 0.25) is 9.84 Å². The molecule has 0 atom stereocenters. The molecule has 5 nitrogen and oxygen atoms in total. The predicted molar refractivity (Wildman–Crippen MR) is 59.8 cm³/mol. The van der Waals surface area contributed by atoms with E-state index in [0.29, 0.717) is 0 Å². The van der Waals surface area contributed by atoms with Gasteiger partial charge in [0.25, 0.3) is 5.69 Å². The van der Waals surface area contributed by atoms with Gasteiger partial charge in [0.05, 0.1) is 16.2 Å². The van der Waals surface area contributed by atoms with Crippen molar-refractivity contribution in [3.8, 4) is 11.2 Å². The number of nitro groups is 1. The SMILES string of the molecule is CS(=O)(=O)C#Cc1c(Cl)cccc1[N+](=O)[O-]. The number of nitro benzene ring substituents is 1. The van der Waals surface area contributed by atoms with Crippen LogP contribution in [-0.4, -0.2) is 19.6 Å². The second-order valence-corrected chi connectivity index (χ2v) is 5.05. The van der Waals surface area contributed by atoms with Gasteiger partial charge in [-0.25, -0.2) is 8.42 Å². The molecule has 1 rings (SSSR count). The topological polar surface area (TPSA) is 77.3 Å². The van der Waals surface area contributed by atoms with Crippen molar-refractivity contribution in [1.29, 1.82) is 0 Å². The van der Waals surface area contributed by atoms with E-state index in [2.05, 4.69) is 5.92 Å². The number of rotatable bonds is 1. The van der Waals surface area contributed by atoms with Crippen LogP contribution in [0.3, 0.4) is 0 Å². The lowest BCUT2D eigenvalue weighted by atomic mass is 10.2. The third kappa shape index (κ3) is 3.22. The van der Waals surface area contributed by atoms with Crippen molar-refractivity contribution in [2.75, 3.05) is 6.26 Å². The zero-order valence-electron chi connectivity index (χ0n) is 8.10. The minimum absolute atomic E-state index is 0.0466. The summed E-state index contributed by atoms with van der Waals surface area (Å²) in [4.78, 5) is 9.96. The zero-order chi connectivity index (χ0) is 12.3. The van der Waals surface area contributed by atoms with Crippen LogP contribution in [0.15, 0.2) is 18.2 Å². The van der Waals surface area contributed by atoms with Gasteiger partial charge in [-0.2, -0.15) is 0 Å². The summed E-state index contributed by atoms with van der Waals surface area (Å²) in [5, 5.41) is 12.6. The molecule has 84 valence electrons. The van der Waals surface area contributed by atoms with Gasteiger partial charge in [0.1, 0.15) is 5.56 Å². The quantitative estimate of drug-likeness (QED) is 0.436. The standard InChI is InChI=1S/C9H6ClNO4S/c1-16(14,15)6-5-7-8(10)3-2-4-9(7)11(12)13/h2-4H,1H3. The monoisotopic (exact) mass is 259 g/mol. The normalized spacial score (nSPS) is 10.4. The number of hydrogen-bond donors (Lipinski definition) is 0. The number of halogens is 1. The Morgan fingerprint density at radius 1 is 1.44 bits per heavy atom. The second kappa shape index (κ2) is 4.51. The molecular weight excluding hydrogens is 254 g/mol. The van der Waals surface area contributed by atoms with E-state index >= 15 is 0 Å². The molecule has 1 aromatic rings. The first kappa shape index (κ1) is 12.5. The van der Waals surface area contributed by atoms with Gasteiger partial charge >= 0.3 is 0 Å². The largest absolute Gasteiger partial charge is 0.286 e. The van der Waals surface area contributed by atoms with E-state index in [-0.39, 0.29) is 16.3 Å². The van der Waals surface area contributed by atoms with Crippen LogP contribution in [0.2, 0.25) is 5.02 Å². The van der Waals surface area contributed by atoms with Crippen molar-refractivity contribution < 1.29 is 13.3 Å². The maximum Gasteiger partial charge on any atom is 0.286 e. The van der Waals surface area contributed by atoms with E-state index in [9.17, 15) is 18.5 Å². The van der Waals surface area contributed by atoms with Crippen molar-refractivity contribution in [3.05, 3.63) is 38.9 Å². The maximum atomic E-state index is 10.8. The molecule has 0 aliphatic carbocycles. The van der Waals surface area contributed by atoms with Crippen LogP contribution in [0.25, 0.3) is 0 Å². The van der Waals surface area contributed by atoms with Crippen LogP contribution in [0.1, 0.15) is 5.56 Å². The highest BCUT2D eigenvalue weighted by Crippen LogP contribution is 2.24. The van der Waals surface area contributed by atoms with Crippen molar-refractivity contribution in [2.45, 2.75) is 0 Å². The molecule has 0 saturated heterocycles. The lowest BCUT2D eigenvalue weighted by molar-refractivity contribution is -0.385. The lowest BCUT2D eigenvalue weighted by Gasteiger charge is -1.96. The van der Waals surface area contributed by atoms with Gasteiger partial charge in [-0.3, -0.25) is 10.1 Å². The van der Waals surface area contributed by atoms with Gasteiger partial charge in [-0.05, 0) is 12.0 Å². The first-order valence-corrected chi connectivity index (χ1v) is 6.24. The second-order valence-electron chi connectivity index (χ2n) is 2.89. The smallest absolute Gasteiger partial charge is 0.258 e. The van der Waals surface area contributed by atoms with Gasteiger partial charge in [0.15, 0.2) is 0 Å². The van der Waals surface area contributed by atoms with Gasteiger partial charge < -0.3 is 0 Å². The van der Waals surface area contributed by atoms with Gasteiger partial charge in [0, 0.05) is 11.3 Å². The Labute approximate surface area is 97.1 Å². The molecule has 0 amide bonds. The molecule has 0 saturated carbocycles. The number of hydrogen-bond acceptors (Lipinski definition) is 4. The highest BCUT2D eigenvalue weighted by Gasteiger charge is 2.14. The summed E-state index contributed by atoms with van der Waals surface area (Å²) in [7, 11) is -3.52. The van der Waals surface area contributed by atoms with Crippen molar-refractivity contribution >= 4 is 27.1 Å². The summed E-state index contributed by atoms with van der Waals surface area (Å²) in [6, 6.07) is 4.01. The minimum Gasteiger partial charge on any atom is -0.258 e. The summed E-state index contributed by atoms with van der Waals surface area (Å²) in [5.74, 6) is 2.19. The Morgan fingerprint density at radius 2 is 2.06 bits per heavy atom. The van der Waals surface area contributed by atoms with Crippen molar-refractivity contribution in [3.63, 3.8) is 0 Å². The molecule has 0 aliphatic rings. The highest BCUT2D eigenvalue weighted by atomic mass is 35.5. The molecule has 0 fully saturated rings. The molecular formula is C9H6ClNO4S. The molecule has 1 aromatic carbocycles. The van der Waals surface area contributed by atoms with Crippen LogP contribution < -0.4 is 0 Å². The molecule has 16 heavy (non-hydrogen) atoms. The Balaban J connectivity index is 3.42. The van der Waals surface area contributed by atoms with Crippen LogP contribution in [-0.2, 0) is 9.84 Å². The number of nitrogens with zero attached hydrogens (tertiary/aromatic N) is 1. The molecule has 0 aromatic heterocycles. The fraction of sp³-hybridized carbons (Fsp3) is 0.111. The molecule has 0 spiro atoms. The van der Waals surface area contributed by atoms with Crippen molar-refractivity contribution in [1.82, 2.24) is 0 Å². The molecule has 0 N–H and O–H groups in total. The summed E-state index contributed by atoms with van der Waals surface area (Å²) >= 11 is 5.70. The average Bonchev–Trinajstić information content (AvgIpc) is 2.13. The van der Waals surface area contributed by atoms with Gasteiger partial charge in [-0.15, -0.1) is 0 Å². The van der Waals surface area contributed by atoms with Crippen molar-refractivity contribution in [2.24, 2.45) is 0 Å². The van der Waals surface area contributed by atoms with Crippen LogP contribution in [0.4, 0.5) is 5.69 Å². The van der Waals surface area contributed by atoms with E-state index in [1.807, 2.05) is 5.25 Å². The molecule has 0 heterocycles. The van der Waals surface area contributed by atoms with Crippen LogP contribution in [0, 0.1) is 21.3 Å². The van der Waals surface area contributed by atoms with E-state index < -0.39 is 14.8 Å². The Morgan fingerprint density at radius 3 is 2.56 bits per heavy atom. The summed E-state index contributed by atoms with van der Waals surface area (Å²) in [6.07, 6.45) is 0.905. The lowest BCUT2D eigenvalue weighted by Crippen LogP contribution is -1.94. The zero-order valence-corrected chi connectivity index (χ0v) is 9.67. The molecule has 0 radical (unpaired) electrons. The van der Waals surface area contributed by atoms with E-state index in [4.69, 9.17) is 11.6 Å². The fourth-order valence-electron chi connectivity index (χ4n) is 0.932. The Kier molecular flexibility index (Phi) is 3.52. The van der Waals surface area contributed by atoms with E-state index in [1.165, 1.54) is 18.2 Å². The third-order valence-corrected chi connectivity index (χ3v) is 2.34. The average molecular weight is 260 g/mol. The van der Waals surface area contributed by atoms with Crippen LogP contribution in [0.5, 0.6) is 0 Å². The minimum atomic E-state index is -3.52. The maximum absolute atomic E-state index is 10.8. The summed E-state index contributed by atoms with van der Waals surface area (Å²) < 4.78 is 21.6. The van der Waals surface area contributed by atoms with Gasteiger partial charge in [-0.1, -0.05) is 17.7 Å². The fourth-order valence-corrected chi connectivity index (χ4v) is 1.44. The molecule has 0 aliphatic heterocycles. The molecule has 0 bridgehead atoms. The van der Waals surface area contributed by atoms with Crippen LogP contribution >= 0.6 is 11.6 Å². The highest BCUT2D eigenvalue weighted by molar-refractivity contribution is 7.95.